The average Bonchev–Trinajstić information content (AvgIpc) is 2.41. The molecule has 1 aromatic carbocycles. The van der Waals surface area contributed by atoms with Crippen LogP contribution in [0.1, 0.15) is 32.4 Å². The van der Waals surface area contributed by atoms with Crippen LogP contribution in [0.3, 0.4) is 0 Å². The Balaban J connectivity index is 2.52. The monoisotopic (exact) mass is 279 g/mol. The topological polar surface area (TPSA) is 44.4 Å². The second kappa shape index (κ2) is 5.40. The minimum atomic E-state index is -0.686. The van der Waals surface area contributed by atoms with Crippen LogP contribution in [0, 0.1) is 5.82 Å². The molecular formula is C15H22FN3O. The van der Waals surface area contributed by atoms with E-state index in [1.54, 1.807) is 13.1 Å². The average molecular weight is 279 g/mol. The van der Waals surface area contributed by atoms with Crippen LogP contribution >= 0.6 is 0 Å². The summed E-state index contributed by atoms with van der Waals surface area (Å²) in [5.41, 5.74) is 0.707. The zero-order valence-corrected chi connectivity index (χ0v) is 12.5. The van der Waals surface area contributed by atoms with E-state index in [2.05, 4.69) is 10.6 Å². The molecule has 1 aliphatic rings. The highest BCUT2D eigenvalue weighted by Crippen LogP contribution is 2.34. The molecule has 0 bridgehead atoms. The Morgan fingerprint density at radius 2 is 2.15 bits per heavy atom. The van der Waals surface area contributed by atoms with E-state index >= 15 is 0 Å². The van der Waals surface area contributed by atoms with Crippen molar-refractivity contribution in [2.75, 3.05) is 25.0 Å². The molecule has 1 atom stereocenters. The van der Waals surface area contributed by atoms with Gasteiger partial charge in [0, 0.05) is 30.4 Å². The quantitative estimate of drug-likeness (QED) is 0.887. The molecule has 1 amide bonds. The summed E-state index contributed by atoms with van der Waals surface area (Å²) in [6.45, 7) is 6.89. The van der Waals surface area contributed by atoms with Gasteiger partial charge in [0.05, 0.1) is 0 Å². The zero-order valence-electron chi connectivity index (χ0n) is 12.5. The molecule has 4 nitrogen and oxygen atoms in total. The predicted molar refractivity (Wildman–Crippen MR) is 78.3 cm³/mol. The van der Waals surface area contributed by atoms with Gasteiger partial charge in [-0.3, -0.25) is 4.79 Å². The number of carbonyl (C=O) groups is 1. The third-order valence-electron chi connectivity index (χ3n) is 4.04. The van der Waals surface area contributed by atoms with Crippen molar-refractivity contribution in [3.8, 4) is 0 Å². The van der Waals surface area contributed by atoms with Crippen LogP contribution in [-0.4, -0.2) is 31.6 Å². The van der Waals surface area contributed by atoms with Gasteiger partial charge in [0.1, 0.15) is 11.4 Å². The third kappa shape index (κ3) is 2.38. The van der Waals surface area contributed by atoms with Crippen molar-refractivity contribution in [3.05, 3.63) is 29.6 Å². The van der Waals surface area contributed by atoms with E-state index in [4.69, 9.17) is 0 Å². The summed E-state index contributed by atoms with van der Waals surface area (Å²) < 4.78 is 14.2. The smallest absolute Gasteiger partial charge is 0.245 e. The van der Waals surface area contributed by atoms with Gasteiger partial charge in [-0.15, -0.1) is 0 Å². The van der Waals surface area contributed by atoms with Crippen molar-refractivity contribution in [1.82, 2.24) is 10.6 Å². The highest BCUT2D eigenvalue weighted by molar-refractivity contribution is 5.90. The molecule has 1 aromatic rings. The second-order valence-electron chi connectivity index (χ2n) is 5.65. The Kier molecular flexibility index (Phi) is 3.99. The SMILES string of the molecule is CNC(C)c1c(F)cccc1N1CCNC(=O)C1(C)C. The van der Waals surface area contributed by atoms with E-state index in [1.807, 2.05) is 31.7 Å². The summed E-state index contributed by atoms with van der Waals surface area (Å²) >= 11 is 0. The maximum absolute atomic E-state index is 14.2. The maximum atomic E-state index is 14.2. The molecular weight excluding hydrogens is 257 g/mol. The van der Waals surface area contributed by atoms with Crippen molar-refractivity contribution >= 4 is 11.6 Å². The van der Waals surface area contributed by atoms with E-state index in [0.29, 0.717) is 18.7 Å². The Labute approximate surface area is 119 Å². The van der Waals surface area contributed by atoms with Crippen LogP contribution in [-0.2, 0) is 4.79 Å². The first-order valence-corrected chi connectivity index (χ1v) is 6.91. The number of amides is 1. The minimum Gasteiger partial charge on any atom is -0.355 e. The molecule has 0 aliphatic carbocycles. The first kappa shape index (κ1) is 14.8. The van der Waals surface area contributed by atoms with Gasteiger partial charge in [0.25, 0.3) is 0 Å². The molecule has 2 N–H and O–H groups in total. The normalized spacial score (nSPS) is 19.6. The van der Waals surface area contributed by atoms with Crippen molar-refractivity contribution < 1.29 is 9.18 Å². The molecule has 1 heterocycles. The third-order valence-corrected chi connectivity index (χ3v) is 4.04. The summed E-state index contributed by atoms with van der Waals surface area (Å²) in [5, 5.41) is 5.93. The number of hydrogen-bond donors (Lipinski definition) is 2. The first-order valence-electron chi connectivity index (χ1n) is 6.91. The molecule has 0 radical (unpaired) electrons. The zero-order chi connectivity index (χ0) is 14.9. The number of piperazine rings is 1. The van der Waals surface area contributed by atoms with Gasteiger partial charge in [0.2, 0.25) is 5.91 Å². The molecule has 1 unspecified atom stereocenters. The van der Waals surface area contributed by atoms with Gasteiger partial charge in [0.15, 0.2) is 0 Å². The standard InChI is InChI=1S/C15H22FN3O/c1-10(17-4)13-11(16)6-5-7-12(13)19-9-8-18-14(20)15(19,2)3/h5-7,10,17H,8-9H2,1-4H3,(H,18,20). The molecule has 20 heavy (non-hydrogen) atoms. The van der Waals surface area contributed by atoms with Crippen LogP contribution < -0.4 is 15.5 Å². The van der Waals surface area contributed by atoms with Crippen molar-refractivity contribution in [2.45, 2.75) is 32.4 Å². The van der Waals surface area contributed by atoms with Crippen LogP contribution in [0.2, 0.25) is 0 Å². The molecule has 1 saturated heterocycles. The molecule has 2 rings (SSSR count). The molecule has 0 aromatic heterocycles. The van der Waals surface area contributed by atoms with Crippen molar-refractivity contribution in [2.24, 2.45) is 0 Å². The lowest BCUT2D eigenvalue weighted by Gasteiger charge is -2.44. The van der Waals surface area contributed by atoms with E-state index < -0.39 is 5.54 Å². The highest BCUT2D eigenvalue weighted by Gasteiger charge is 2.39. The number of nitrogens with zero attached hydrogens (tertiary/aromatic N) is 1. The lowest BCUT2D eigenvalue weighted by Crippen LogP contribution is -2.62. The fourth-order valence-corrected chi connectivity index (χ4v) is 2.66. The summed E-state index contributed by atoms with van der Waals surface area (Å²) in [4.78, 5) is 14.1. The summed E-state index contributed by atoms with van der Waals surface area (Å²) in [7, 11) is 1.80. The summed E-state index contributed by atoms with van der Waals surface area (Å²) in [6, 6.07) is 4.92. The second-order valence-corrected chi connectivity index (χ2v) is 5.65. The van der Waals surface area contributed by atoms with E-state index in [-0.39, 0.29) is 17.8 Å². The van der Waals surface area contributed by atoms with Gasteiger partial charge in [-0.25, -0.2) is 4.39 Å². The van der Waals surface area contributed by atoms with Gasteiger partial charge in [-0.1, -0.05) is 6.07 Å². The van der Waals surface area contributed by atoms with Crippen LogP contribution in [0.15, 0.2) is 18.2 Å². The number of hydrogen-bond acceptors (Lipinski definition) is 3. The molecule has 5 heteroatoms. The molecule has 0 spiro atoms. The Hall–Kier alpha value is -1.62. The predicted octanol–water partition coefficient (Wildman–Crippen LogP) is 1.82. The van der Waals surface area contributed by atoms with E-state index in [9.17, 15) is 9.18 Å². The van der Waals surface area contributed by atoms with Gasteiger partial charge in [-0.05, 0) is 40.0 Å². The maximum Gasteiger partial charge on any atom is 0.245 e. The van der Waals surface area contributed by atoms with E-state index in [1.165, 1.54) is 6.07 Å². The number of rotatable bonds is 3. The number of halogens is 1. The molecule has 1 aliphatic heterocycles. The molecule has 110 valence electrons. The Bertz CT molecular complexity index is 516. The van der Waals surface area contributed by atoms with Crippen molar-refractivity contribution in [1.29, 1.82) is 0 Å². The first-order chi connectivity index (χ1) is 9.39. The number of nitrogens with one attached hydrogen (secondary N) is 2. The molecule has 0 saturated carbocycles. The largest absolute Gasteiger partial charge is 0.355 e. The lowest BCUT2D eigenvalue weighted by atomic mass is 9.95. The van der Waals surface area contributed by atoms with E-state index in [0.717, 1.165) is 5.69 Å². The fraction of sp³-hybridized carbons (Fsp3) is 0.533. The van der Waals surface area contributed by atoms with Crippen molar-refractivity contribution in [3.63, 3.8) is 0 Å². The fourth-order valence-electron chi connectivity index (χ4n) is 2.66. The molecule has 1 fully saturated rings. The summed E-state index contributed by atoms with van der Waals surface area (Å²) in [6.07, 6.45) is 0. The number of anilines is 1. The minimum absolute atomic E-state index is 0.0314. The van der Waals surface area contributed by atoms with Crippen LogP contribution in [0.5, 0.6) is 0 Å². The van der Waals surface area contributed by atoms with Gasteiger partial charge >= 0.3 is 0 Å². The van der Waals surface area contributed by atoms with Crippen LogP contribution in [0.25, 0.3) is 0 Å². The van der Waals surface area contributed by atoms with Gasteiger partial charge in [-0.2, -0.15) is 0 Å². The van der Waals surface area contributed by atoms with Crippen LogP contribution in [0.4, 0.5) is 10.1 Å². The summed E-state index contributed by atoms with van der Waals surface area (Å²) in [5.74, 6) is -0.276. The number of benzene rings is 1. The Morgan fingerprint density at radius 3 is 2.80 bits per heavy atom. The lowest BCUT2D eigenvalue weighted by molar-refractivity contribution is -0.126. The highest BCUT2D eigenvalue weighted by atomic mass is 19.1. The number of carbonyl (C=O) groups excluding carboxylic acids is 1. The Morgan fingerprint density at radius 1 is 1.45 bits per heavy atom. The van der Waals surface area contributed by atoms with Gasteiger partial charge < -0.3 is 15.5 Å².